The van der Waals surface area contributed by atoms with Crippen LogP contribution in [0, 0.1) is 21.6 Å². The van der Waals surface area contributed by atoms with Crippen molar-refractivity contribution >= 4 is 17.5 Å². The highest BCUT2D eigenvalue weighted by Crippen LogP contribution is 2.29. The molecule has 4 rings (SSSR count). The van der Waals surface area contributed by atoms with Gasteiger partial charge >= 0.3 is 0 Å². The van der Waals surface area contributed by atoms with Gasteiger partial charge in [-0.3, -0.25) is 24.6 Å². The maximum atomic E-state index is 12.9. The number of rotatable bonds is 4. The minimum atomic E-state index is -0.837. The summed E-state index contributed by atoms with van der Waals surface area (Å²) in [4.78, 5) is 45.6. The van der Waals surface area contributed by atoms with Gasteiger partial charge in [0.1, 0.15) is 5.69 Å². The maximum Gasteiger partial charge on any atom is 0.295 e. The number of aromatic nitrogens is 3. The number of nitro groups is 1. The Morgan fingerprint density at radius 1 is 1.16 bits per heavy atom. The van der Waals surface area contributed by atoms with Crippen LogP contribution >= 0.6 is 0 Å². The van der Waals surface area contributed by atoms with Crippen molar-refractivity contribution in [1.82, 2.24) is 19.7 Å². The predicted octanol–water partition coefficient (Wildman–Crippen LogP) is 1.50. The average molecular weight is 429 g/mol. The normalized spacial score (nSPS) is 15.9. The van der Waals surface area contributed by atoms with Gasteiger partial charge in [0, 0.05) is 13.1 Å². The van der Waals surface area contributed by atoms with Crippen LogP contribution < -0.4 is 5.62 Å². The topological polar surface area (TPSA) is 147 Å². The molecule has 1 aliphatic heterocycles. The number of imide groups is 1. The number of nitriles is 1. The quantitative estimate of drug-likeness (QED) is 0.264. The summed E-state index contributed by atoms with van der Waals surface area (Å²) in [7, 11) is 1.34. The fourth-order valence-corrected chi connectivity index (χ4v) is 3.52. The fourth-order valence-electron chi connectivity index (χ4n) is 3.52. The highest BCUT2D eigenvalue weighted by atomic mass is 16.6. The van der Waals surface area contributed by atoms with Gasteiger partial charge in [-0.2, -0.15) is 15.0 Å². The molecule has 0 fully saturated rings. The molecule has 0 aliphatic carbocycles. The van der Waals surface area contributed by atoms with Crippen LogP contribution in [0.4, 0.5) is 5.69 Å². The summed E-state index contributed by atoms with van der Waals surface area (Å²) in [5.41, 5.74) is 0.177. The van der Waals surface area contributed by atoms with Crippen molar-refractivity contribution in [2.75, 3.05) is 7.05 Å². The number of likely N-dealkylation sites (N-methyl/N-ethyl adjacent to an activating group) is 1. The smallest absolute Gasteiger partial charge is 0.280 e. The van der Waals surface area contributed by atoms with Gasteiger partial charge in [0.05, 0.1) is 16.5 Å². The first kappa shape index (κ1) is 20.5. The van der Waals surface area contributed by atoms with Crippen LogP contribution in [-0.4, -0.2) is 43.4 Å². The number of nitro benzene ring substituents is 1. The molecular weight excluding hydrogens is 414 g/mol. The van der Waals surface area contributed by atoms with Gasteiger partial charge in [-0.25, -0.2) is 4.98 Å². The van der Waals surface area contributed by atoms with Crippen molar-refractivity contribution < 1.29 is 14.5 Å². The summed E-state index contributed by atoms with van der Waals surface area (Å²) in [5, 5.41) is 24.9. The maximum absolute atomic E-state index is 12.9. The van der Waals surface area contributed by atoms with Crippen LogP contribution in [0.5, 0.6) is 0 Å². The van der Waals surface area contributed by atoms with Gasteiger partial charge < -0.3 is 0 Å². The average Bonchev–Trinajstić information content (AvgIpc) is 2.81. The van der Waals surface area contributed by atoms with E-state index in [4.69, 9.17) is 5.26 Å². The van der Waals surface area contributed by atoms with Gasteiger partial charge in [0.15, 0.2) is 5.69 Å². The van der Waals surface area contributed by atoms with Gasteiger partial charge in [0.2, 0.25) is 12.1 Å². The summed E-state index contributed by atoms with van der Waals surface area (Å²) in [6.07, 6.45) is 1.85. The highest BCUT2D eigenvalue weighted by molar-refractivity contribution is 6.09. The number of carbonyl (C=O) groups is 2. The van der Waals surface area contributed by atoms with Crippen LogP contribution in [0.25, 0.3) is 5.69 Å². The van der Waals surface area contributed by atoms with E-state index >= 15 is 0 Å². The molecule has 0 radical (unpaired) electrons. The molecular formula is C21H15N7O4. The van der Waals surface area contributed by atoms with E-state index in [-0.39, 0.29) is 34.8 Å². The second kappa shape index (κ2) is 8.19. The molecule has 1 atom stereocenters. The number of carbonyl (C=O) groups excluding carboxylic acids is 2. The van der Waals surface area contributed by atoms with E-state index in [1.165, 1.54) is 25.2 Å². The second-order valence-electron chi connectivity index (χ2n) is 6.96. The van der Waals surface area contributed by atoms with Gasteiger partial charge in [-0.1, -0.05) is 42.5 Å². The molecule has 1 aliphatic rings. The lowest BCUT2D eigenvalue weighted by Crippen LogP contribution is -2.46. The van der Waals surface area contributed by atoms with E-state index < -0.39 is 22.7 Å². The molecule has 1 aromatic heterocycles. The first-order valence-electron chi connectivity index (χ1n) is 9.46. The Labute approximate surface area is 181 Å². The van der Waals surface area contributed by atoms with Gasteiger partial charge in [-0.15, -0.1) is 4.99 Å². The molecule has 0 N–H and O–H groups in total. The molecule has 0 bridgehead atoms. The molecule has 32 heavy (non-hydrogen) atoms. The van der Waals surface area contributed by atoms with Crippen molar-refractivity contribution in [2.24, 2.45) is 4.99 Å². The largest absolute Gasteiger partial charge is 0.295 e. The second-order valence-corrected chi connectivity index (χ2v) is 6.96. The van der Waals surface area contributed by atoms with Crippen LogP contribution in [-0.2, 0) is 11.2 Å². The number of benzene rings is 2. The lowest BCUT2D eigenvalue weighted by molar-refractivity contribution is -0.384. The molecule has 0 saturated carbocycles. The lowest BCUT2D eigenvalue weighted by Gasteiger charge is -2.28. The van der Waals surface area contributed by atoms with Crippen LogP contribution in [0.15, 0.2) is 59.6 Å². The van der Waals surface area contributed by atoms with Crippen molar-refractivity contribution in [3.63, 3.8) is 0 Å². The molecule has 11 heteroatoms. The zero-order valence-electron chi connectivity index (χ0n) is 16.7. The minimum Gasteiger partial charge on any atom is -0.280 e. The predicted molar refractivity (Wildman–Crippen MR) is 109 cm³/mol. The Morgan fingerprint density at radius 3 is 2.53 bits per heavy atom. The number of para-hydroxylation sites is 2. The van der Waals surface area contributed by atoms with E-state index in [9.17, 15) is 19.7 Å². The highest BCUT2D eigenvalue weighted by Gasteiger charge is 2.40. The monoisotopic (exact) mass is 429 g/mol. The zero-order valence-corrected chi connectivity index (χ0v) is 16.7. The molecule has 158 valence electrons. The summed E-state index contributed by atoms with van der Waals surface area (Å²) < 4.78 is 0.974. The van der Waals surface area contributed by atoms with Gasteiger partial charge in [0.25, 0.3) is 17.2 Å². The third-order valence-corrected chi connectivity index (χ3v) is 5.06. The number of fused-ring (bicyclic) bond motifs is 1. The summed E-state index contributed by atoms with van der Waals surface area (Å²) >= 11 is 0. The van der Waals surface area contributed by atoms with Crippen LogP contribution in [0.1, 0.15) is 27.7 Å². The Balaban J connectivity index is 1.97. The first-order chi connectivity index (χ1) is 15.4. The zero-order chi connectivity index (χ0) is 22.8. The molecule has 2 aromatic carbocycles. The van der Waals surface area contributed by atoms with Crippen molar-refractivity contribution in [2.45, 2.75) is 12.3 Å². The first-order valence-corrected chi connectivity index (χ1v) is 9.46. The van der Waals surface area contributed by atoms with Crippen molar-refractivity contribution in [1.29, 1.82) is 5.26 Å². The molecule has 1 unspecified atom stereocenters. The summed E-state index contributed by atoms with van der Waals surface area (Å²) in [5.74, 6) is -2.00. The van der Waals surface area contributed by atoms with Gasteiger partial charge in [-0.05, 0) is 18.1 Å². The number of hydrogen-bond donors (Lipinski definition) is 0. The number of amides is 2. The van der Waals surface area contributed by atoms with Crippen LogP contribution in [0.2, 0.25) is 0 Å². The molecule has 0 spiro atoms. The van der Waals surface area contributed by atoms with E-state index in [1.807, 2.05) is 30.3 Å². The number of nitrogens with zero attached hydrogens (tertiary/aromatic N) is 7. The summed E-state index contributed by atoms with van der Waals surface area (Å²) in [6.45, 7) is 0. The van der Waals surface area contributed by atoms with E-state index in [0.29, 0.717) is 0 Å². The van der Waals surface area contributed by atoms with E-state index in [2.05, 4.69) is 15.1 Å². The standard InChI is InChI=1S/C21H15N7O4/c1-26-19(29)14(11-13-7-3-2-4-8-13)17-18(20(26)30)25-27(21(24-17)23-12-22)15-9-5-6-10-16(15)28(31)32/h2-10,14H,11H2,1H3. The SMILES string of the molecule is CN1C(=O)c2nn(-c3ccccc3[N+](=O)[O-])c(=NC#N)nc2C(Cc2ccccc2)C1=O. The minimum absolute atomic E-state index is 0.0197. The molecule has 2 heterocycles. The molecule has 0 saturated heterocycles. The Kier molecular flexibility index (Phi) is 5.26. The molecule has 2 amide bonds. The number of hydrogen-bond acceptors (Lipinski definition) is 8. The Hall–Kier alpha value is -4.72. The van der Waals surface area contributed by atoms with Crippen molar-refractivity contribution in [3.05, 3.63) is 87.3 Å². The molecule has 3 aromatic rings. The lowest BCUT2D eigenvalue weighted by atomic mass is 9.90. The van der Waals surface area contributed by atoms with E-state index in [0.717, 1.165) is 15.1 Å². The van der Waals surface area contributed by atoms with Crippen molar-refractivity contribution in [3.8, 4) is 11.9 Å². The Bertz CT molecular complexity index is 1360. The van der Waals surface area contributed by atoms with Crippen LogP contribution in [0.3, 0.4) is 0 Å². The van der Waals surface area contributed by atoms with E-state index in [1.54, 1.807) is 12.3 Å². The fraction of sp³-hybridized carbons (Fsp3) is 0.143. The summed E-state index contributed by atoms with van der Waals surface area (Å²) in [6, 6.07) is 14.9. The Morgan fingerprint density at radius 2 is 1.84 bits per heavy atom. The molecule has 11 nitrogen and oxygen atoms in total. The third kappa shape index (κ3) is 3.50. The third-order valence-electron chi connectivity index (χ3n) is 5.06.